The van der Waals surface area contributed by atoms with Crippen molar-refractivity contribution in [3.63, 3.8) is 0 Å². The second-order valence-electron chi connectivity index (χ2n) is 9.70. The van der Waals surface area contributed by atoms with E-state index in [-0.39, 0.29) is 24.1 Å². The Morgan fingerprint density at radius 3 is 2.39 bits per heavy atom. The van der Waals surface area contributed by atoms with Crippen molar-refractivity contribution < 1.29 is 32.3 Å². The van der Waals surface area contributed by atoms with E-state index < -0.39 is 58.1 Å². The Labute approximate surface area is 189 Å². The standard InChI is InChI=1S/C23H24F3N3O4/c1-11(2)28(5)18(30)15-9-21(3)16-17(22(15,4)33-21)20(32)29(19(16)31)13-7-6-12(10-27)14(8-13)23(24,25)26/h6-8,11,15-17H,9H2,1-5H3/t15-,16+,17-,21+,22-/m0/s1. The molecule has 3 fully saturated rings. The highest BCUT2D eigenvalue weighted by Gasteiger charge is 2.77. The van der Waals surface area contributed by atoms with Crippen molar-refractivity contribution in [2.45, 2.75) is 57.5 Å². The lowest BCUT2D eigenvalue weighted by Crippen LogP contribution is -2.52. The predicted octanol–water partition coefficient (Wildman–Crippen LogP) is 3.12. The molecular formula is C23H24F3N3O4. The van der Waals surface area contributed by atoms with Gasteiger partial charge >= 0.3 is 6.18 Å². The first kappa shape index (κ1) is 23.2. The summed E-state index contributed by atoms with van der Waals surface area (Å²) in [6, 6.07) is 4.16. The maximum absolute atomic E-state index is 13.5. The van der Waals surface area contributed by atoms with Crippen molar-refractivity contribution in [3.05, 3.63) is 29.3 Å². The number of amides is 3. The van der Waals surface area contributed by atoms with E-state index >= 15 is 0 Å². The van der Waals surface area contributed by atoms with Gasteiger partial charge in [0.1, 0.15) is 0 Å². The molecular weight excluding hydrogens is 439 g/mol. The van der Waals surface area contributed by atoms with Crippen LogP contribution < -0.4 is 4.90 Å². The van der Waals surface area contributed by atoms with E-state index in [0.717, 1.165) is 17.0 Å². The quantitative estimate of drug-likeness (QED) is 0.643. The van der Waals surface area contributed by atoms with Crippen LogP contribution in [0.4, 0.5) is 18.9 Å². The summed E-state index contributed by atoms with van der Waals surface area (Å²) in [4.78, 5) is 42.3. The third kappa shape index (κ3) is 3.09. The Balaban J connectivity index is 1.76. The van der Waals surface area contributed by atoms with Crippen molar-refractivity contribution >= 4 is 23.4 Å². The number of benzene rings is 1. The van der Waals surface area contributed by atoms with Gasteiger partial charge in [-0.2, -0.15) is 18.4 Å². The normalized spacial score (nSPS) is 33.0. The fraction of sp³-hybridized carbons (Fsp3) is 0.565. The predicted molar refractivity (Wildman–Crippen MR) is 110 cm³/mol. The minimum Gasteiger partial charge on any atom is -0.367 e. The molecule has 0 aliphatic carbocycles. The van der Waals surface area contributed by atoms with Crippen molar-refractivity contribution in [3.8, 4) is 6.07 Å². The van der Waals surface area contributed by atoms with E-state index in [1.54, 1.807) is 25.8 Å². The number of nitriles is 1. The first-order valence-corrected chi connectivity index (χ1v) is 10.6. The van der Waals surface area contributed by atoms with Crippen molar-refractivity contribution in [2.24, 2.45) is 17.8 Å². The Morgan fingerprint density at radius 1 is 1.24 bits per heavy atom. The molecule has 4 rings (SSSR count). The third-order valence-electron chi connectivity index (χ3n) is 7.44. The first-order chi connectivity index (χ1) is 15.2. The number of carbonyl (C=O) groups is 3. The smallest absolute Gasteiger partial charge is 0.367 e. The van der Waals surface area contributed by atoms with E-state index in [1.165, 1.54) is 6.07 Å². The number of halogens is 3. The van der Waals surface area contributed by atoms with Crippen LogP contribution in [-0.4, -0.2) is 46.9 Å². The van der Waals surface area contributed by atoms with E-state index in [9.17, 15) is 27.6 Å². The van der Waals surface area contributed by atoms with Gasteiger partial charge in [-0.1, -0.05) is 0 Å². The molecule has 3 aliphatic rings. The Hall–Kier alpha value is -2.93. The molecule has 0 spiro atoms. The van der Waals surface area contributed by atoms with Crippen LogP contribution in [0.25, 0.3) is 0 Å². The minimum absolute atomic E-state index is 0.0827. The van der Waals surface area contributed by atoms with Crippen LogP contribution >= 0.6 is 0 Å². The third-order valence-corrected chi connectivity index (χ3v) is 7.44. The van der Waals surface area contributed by atoms with Crippen LogP contribution in [0.5, 0.6) is 0 Å². The lowest BCUT2D eigenvalue weighted by Gasteiger charge is -2.37. The van der Waals surface area contributed by atoms with Crippen molar-refractivity contribution in [1.82, 2.24) is 4.90 Å². The molecule has 3 heterocycles. The highest BCUT2D eigenvalue weighted by atomic mass is 19.4. The van der Waals surface area contributed by atoms with E-state index in [2.05, 4.69) is 0 Å². The minimum atomic E-state index is -4.83. The molecule has 7 nitrogen and oxygen atoms in total. The molecule has 2 bridgehead atoms. The maximum Gasteiger partial charge on any atom is 0.417 e. The lowest BCUT2D eigenvalue weighted by molar-refractivity contribution is -0.145. The van der Waals surface area contributed by atoms with Gasteiger partial charge in [-0.25, -0.2) is 4.90 Å². The van der Waals surface area contributed by atoms with Gasteiger partial charge in [0, 0.05) is 13.1 Å². The van der Waals surface area contributed by atoms with Crippen molar-refractivity contribution in [2.75, 3.05) is 11.9 Å². The van der Waals surface area contributed by atoms with E-state index in [0.29, 0.717) is 6.07 Å². The molecule has 0 radical (unpaired) electrons. The topological polar surface area (TPSA) is 90.7 Å². The van der Waals surface area contributed by atoms with Gasteiger partial charge in [0.15, 0.2) is 0 Å². The number of fused-ring (bicyclic) bond motifs is 5. The highest BCUT2D eigenvalue weighted by Crippen LogP contribution is 2.63. The summed E-state index contributed by atoms with van der Waals surface area (Å²) >= 11 is 0. The molecule has 10 heteroatoms. The van der Waals surface area contributed by atoms with Gasteiger partial charge < -0.3 is 9.64 Å². The van der Waals surface area contributed by atoms with Gasteiger partial charge in [-0.3, -0.25) is 14.4 Å². The van der Waals surface area contributed by atoms with Crippen LogP contribution in [0.15, 0.2) is 18.2 Å². The van der Waals surface area contributed by atoms with E-state index in [1.807, 2.05) is 13.8 Å². The van der Waals surface area contributed by atoms with Gasteiger partial charge in [-0.15, -0.1) is 0 Å². The summed E-state index contributed by atoms with van der Waals surface area (Å²) in [5.74, 6) is -4.13. The Bertz CT molecular complexity index is 1110. The number of hydrogen-bond donors (Lipinski definition) is 0. The molecule has 0 saturated carbocycles. The first-order valence-electron chi connectivity index (χ1n) is 10.6. The lowest BCUT2D eigenvalue weighted by atomic mass is 9.63. The average molecular weight is 463 g/mol. The van der Waals surface area contributed by atoms with Crippen LogP contribution in [0.3, 0.4) is 0 Å². The van der Waals surface area contributed by atoms with Gasteiger partial charge in [0.05, 0.1) is 51.8 Å². The second kappa shape index (κ2) is 7.03. The number of rotatable bonds is 3. The van der Waals surface area contributed by atoms with E-state index in [4.69, 9.17) is 10.00 Å². The molecule has 176 valence electrons. The molecule has 0 unspecified atom stereocenters. The number of anilines is 1. The van der Waals surface area contributed by atoms with Crippen LogP contribution in [0.2, 0.25) is 0 Å². The van der Waals surface area contributed by atoms with Crippen molar-refractivity contribution in [1.29, 1.82) is 5.26 Å². The SMILES string of the molecule is CC(C)N(C)C(=O)[C@@H]1C[C@@]2(C)O[C@]1(C)[C@@H]1C(=O)N(c3ccc(C#N)c(C(F)(F)F)c3)C(=O)[C@@H]12. The summed E-state index contributed by atoms with van der Waals surface area (Å²) in [6.07, 6.45) is -4.60. The number of carbonyl (C=O) groups excluding carboxylic acids is 3. The van der Waals surface area contributed by atoms with Gasteiger partial charge in [0.25, 0.3) is 0 Å². The summed E-state index contributed by atoms with van der Waals surface area (Å²) in [5.41, 5.74) is -4.43. The zero-order valence-electron chi connectivity index (χ0n) is 18.9. The summed E-state index contributed by atoms with van der Waals surface area (Å²) in [6.45, 7) is 7.02. The fourth-order valence-electron chi connectivity index (χ4n) is 5.65. The summed E-state index contributed by atoms with van der Waals surface area (Å²) < 4.78 is 46.6. The largest absolute Gasteiger partial charge is 0.417 e. The summed E-state index contributed by atoms with van der Waals surface area (Å²) in [7, 11) is 1.66. The zero-order valence-corrected chi connectivity index (χ0v) is 18.9. The highest BCUT2D eigenvalue weighted by molar-refractivity contribution is 6.23. The maximum atomic E-state index is 13.5. The average Bonchev–Trinajstić information content (AvgIpc) is 3.26. The number of alkyl halides is 3. The monoisotopic (exact) mass is 463 g/mol. The Morgan fingerprint density at radius 2 is 1.85 bits per heavy atom. The van der Waals surface area contributed by atoms with Gasteiger partial charge in [-0.05, 0) is 52.3 Å². The zero-order chi connectivity index (χ0) is 24.7. The van der Waals surface area contributed by atoms with Crippen LogP contribution in [0.1, 0.15) is 45.2 Å². The molecule has 3 aliphatic heterocycles. The van der Waals surface area contributed by atoms with Crippen LogP contribution in [0, 0.1) is 29.1 Å². The molecule has 1 aromatic rings. The number of hydrogen-bond acceptors (Lipinski definition) is 5. The molecule has 0 aromatic heterocycles. The molecule has 33 heavy (non-hydrogen) atoms. The Kier molecular flexibility index (Phi) is 4.95. The molecule has 0 N–H and O–H groups in total. The van der Waals surface area contributed by atoms with Gasteiger partial charge in [0.2, 0.25) is 17.7 Å². The molecule has 3 amide bonds. The summed E-state index contributed by atoms with van der Waals surface area (Å²) in [5, 5.41) is 9.03. The second-order valence-corrected chi connectivity index (χ2v) is 9.70. The number of imide groups is 1. The van der Waals surface area contributed by atoms with Crippen LogP contribution in [-0.2, 0) is 25.3 Å². The molecule has 3 saturated heterocycles. The molecule has 5 atom stereocenters. The fourth-order valence-corrected chi connectivity index (χ4v) is 5.65. The number of nitrogens with zero attached hydrogens (tertiary/aromatic N) is 3. The number of ether oxygens (including phenoxy) is 1. The molecule has 1 aromatic carbocycles.